The van der Waals surface area contributed by atoms with Crippen LogP contribution in [0, 0.1) is 30.6 Å². The van der Waals surface area contributed by atoms with Crippen molar-refractivity contribution in [1.82, 2.24) is 0 Å². The molecule has 2 unspecified atom stereocenters. The molecule has 0 saturated heterocycles. The molecule has 0 aliphatic heterocycles. The molecular weight excluding hydrogens is 192 g/mol. The first-order chi connectivity index (χ1) is 7.84. The SMILES string of the molecule is Cc1ccc(C2[C+](C3CC3)C2C2CC2)cc1. The van der Waals surface area contributed by atoms with Gasteiger partial charge in [0.2, 0.25) is 0 Å². The summed E-state index contributed by atoms with van der Waals surface area (Å²) in [6, 6.07) is 9.29. The van der Waals surface area contributed by atoms with E-state index in [1.165, 1.54) is 31.2 Å². The lowest BCUT2D eigenvalue weighted by Crippen LogP contribution is -1.85. The lowest BCUT2D eigenvalue weighted by molar-refractivity contribution is 0.682. The molecule has 16 heavy (non-hydrogen) atoms. The van der Waals surface area contributed by atoms with E-state index in [0.717, 1.165) is 23.7 Å². The third kappa shape index (κ3) is 1.39. The maximum atomic E-state index is 2.37. The highest BCUT2D eigenvalue weighted by Crippen LogP contribution is 2.71. The molecule has 82 valence electrons. The Morgan fingerprint density at radius 3 is 2.25 bits per heavy atom. The van der Waals surface area contributed by atoms with Gasteiger partial charge in [-0.05, 0) is 32.6 Å². The molecule has 0 aromatic heterocycles. The number of rotatable bonds is 3. The molecule has 0 heterocycles. The molecule has 3 saturated carbocycles. The zero-order chi connectivity index (χ0) is 10.7. The molecule has 4 rings (SSSR count). The van der Waals surface area contributed by atoms with Crippen LogP contribution in [0.25, 0.3) is 0 Å². The Hall–Kier alpha value is -0.910. The van der Waals surface area contributed by atoms with Crippen LogP contribution >= 0.6 is 0 Å². The van der Waals surface area contributed by atoms with Gasteiger partial charge in [-0.3, -0.25) is 0 Å². The van der Waals surface area contributed by atoms with E-state index in [4.69, 9.17) is 0 Å². The molecule has 0 nitrogen and oxygen atoms in total. The number of benzene rings is 1. The van der Waals surface area contributed by atoms with Crippen LogP contribution in [0.4, 0.5) is 0 Å². The first kappa shape index (κ1) is 9.15. The lowest BCUT2D eigenvalue weighted by atomic mass is 10.0. The molecular formula is C16H19+. The summed E-state index contributed by atoms with van der Waals surface area (Å²) < 4.78 is 0. The maximum Gasteiger partial charge on any atom is 0.169 e. The highest BCUT2D eigenvalue weighted by molar-refractivity contribution is 5.45. The van der Waals surface area contributed by atoms with Crippen LogP contribution in [0.3, 0.4) is 0 Å². The van der Waals surface area contributed by atoms with Gasteiger partial charge in [0, 0.05) is 11.5 Å². The largest absolute Gasteiger partial charge is 0.169 e. The van der Waals surface area contributed by atoms with Gasteiger partial charge >= 0.3 is 0 Å². The van der Waals surface area contributed by atoms with E-state index in [-0.39, 0.29) is 0 Å². The zero-order valence-electron chi connectivity index (χ0n) is 9.95. The van der Waals surface area contributed by atoms with Gasteiger partial charge in [-0.1, -0.05) is 29.8 Å². The fourth-order valence-corrected chi connectivity index (χ4v) is 3.42. The second-order valence-corrected chi connectivity index (χ2v) is 6.03. The predicted octanol–water partition coefficient (Wildman–Crippen LogP) is 4.10. The molecule has 3 fully saturated rings. The van der Waals surface area contributed by atoms with Crippen molar-refractivity contribution >= 4 is 0 Å². The van der Waals surface area contributed by atoms with Gasteiger partial charge in [0.05, 0.1) is 0 Å². The van der Waals surface area contributed by atoms with Crippen LogP contribution in [0.2, 0.25) is 0 Å². The van der Waals surface area contributed by atoms with E-state index in [1.54, 1.807) is 5.56 Å². The van der Waals surface area contributed by atoms with Crippen molar-refractivity contribution in [3.05, 3.63) is 41.3 Å². The van der Waals surface area contributed by atoms with Crippen LogP contribution in [0.15, 0.2) is 24.3 Å². The summed E-state index contributed by atoms with van der Waals surface area (Å²) in [7, 11) is 0. The maximum absolute atomic E-state index is 2.37. The van der Waals surface area contributed by atoms with E-state index in [2.05, 4.69) is 31.2 Å². The smallest absolute Gasteiger partial charge is 0.0589 e. The molecule has 3 aliphatic carbocycles. The summed E-state index contributed by atoms with van der Waals surface area (Å²) in [5.74, 6) is 5.89. The third-order valence-corrected chi connectivity index (χ3v) is 4.61. The standard InChI is InChI=1S/C16H19/c1-10-2-4-11(5-3-10)14-15(12-6-7-12)16(14)13-8-9-13/h2-5,12-15H,6-9H2,1H3/q+1. The van der Waals surface area contributed by atoms with E-state index in [9.17, 15) is 0 Å². The molecule has 0 radical (unpaired) electrons. The Morgan fingerprint density at radius 1 is 1.00 bits per heavy atom. The Kier molecular flexibility index (Phi) is 1.75. The molecule has 0 amide bonds. The van der Waals surface area contributed by atoms with Gasteiger partial charge in [-0.15, -0.1) is 0 Å². The third-order valence-electron chi connectivity index (χ3n) is 4.61. The van der Waals surface area contributed by atoms with E-state index >= 15 is 0 Å². The van der Waals surface area contributed by atoms with Crippen molar-refractivity contribution in [3.8, 4) is 0 Å². The highest BCUT2D eigenvalue weighted by Gasteiger charge is 2.74. The Balaban J connectivity index is 1.59. The average molecular weight is 211 g/mol. The molecule has 0 spiro atoms. The van der Waals surface area contributed by atoms with Gasteiger partial charge < -0.3 is 0 Å². The van der Waals surface area contributed by atoms with Crippen molar-refractivity contribution < 1.29 is 0 Å². The van der Waals surface area contributed by atoms with Crippen LogP contribution in [-0.2, 0) is 0 Å². The summed E-state index contributed by atoms with van der Waals surface area (Å²) in [5, 5.41) is 0. The fourth-order valence-electron chi connectivity index (χ4n) is 3.42. The van der Waals surface area contributed by atoms with Crippen LogP contribution < -0.4 is 0 Å². The predicted molar refractivity (Wildman–Crippen MR) is 66.1 cm³/mol. The van der Waals surface area contributed by atoms with Gasteiger partial charge in [0.25, 0.3) is 0 Å². The van der Waals surface area contributed by atoms with Crippen molar-refractivity contribution in [3.63, 3.8) is 0 Å². The first-order valence-electron chi connectivity index (χ1n) is 6.78. The normalized spacial score (nSPS) is 32.9. The van der Waals surface area contributed by atoms with Crippen molar-refractivity contribution in [2.45, 2.75) is 38.5 Å². The van der Waals surface area contributed by atoms with Gasteiger partial charge in [0.1, 0.15) is 11.8 Å². The Labute approximate surface area is 98.1 Å². The van der Waals surface area contributed by atoms with Crippen molar-refractivity contribution in [1.29, 1.82) is 0 Å². The summed E-state index contributed by atoms with van der Waals surface area (Å²) in [5.41, 5.74) is 2.99. The van der Waals surface area contributed by atoms with Gasteiger partial charge in [-0.25, -0.2) is 0 Å². The molecule has 2 atom stereocenters. The van der Waals surface area contributed by atoms with Crippen LogP contribution in [0.1, 0.15) is 42.7 Å². The van der Waals surface area contributed by atoms with E-state index < -0.39 is 0 Å². The summed E-state index contributed by atoms with van der Waals surface area (Å²) in [6.45, 7) is 2.18. The number of aryl methyl sites for hydroxylation is 1. The minimum atomic E-state index is 0.862. The Bertz CT molecular complexity index is 377. The summed E-state index contributed by atoms with van der Waals surface area (Å²) >= 11 is 0. The number of hydrogen-bond donors (Lipinski definition) is 0. The topological polar surface area (TPSA) is 0 Å². The molecule has 1 aromatic carbocycles. The minimum absolute atomic E-state index is 0.862. The fraction of sp³-hybridized carbons (Fsp3) is 0.562. The summed E-state index contributed by atoms with van der Waals surface area (Å²) in [4.78, 5) is 0. The lowest BCUT2D eigenvalue weighted by Gasteiger charge is -1.94. The Morgan fingerprint density at radius 2 is 1.69 bits per heavy atom. The first-order valence-corrected chi connectivity index (χ1v) is 6.78. The molecule has 0 heteroatoms. The van der Waals surface area contributed by atoms with Crippen molar-refractivity contribution in [2.24, 2.45) is 17.8 Å². The molecule has 3 aliphatic rings. The second kappa shape index (κ2) is 3.06. The van der Waals surface area contributed by atoms with Gasteiger partial charge in [0.15, 0.2) is 11.8 Å². The van der Waals surface area contributed by atoms with Crippen molar-refractivity contribution in [2.75, 3.05) is 0 Å². The monoisotopic (exact) mass is 211 g/mol. The van der Waals surface area contributed by atoms with E-state index in [1.807, 2.05) is 5.92 Å². The average Bonchev–Trinajstić information content (AvgIpc) is 3.11. The van der Waals surface area contributed by atoms with E-state index in [0.29, 0.717) is 0 Å². The minimum Gasteiger partial charge on any atom is -0.0589 e. The summed E-state index contributed by atoms with van der Waals surface area (Å²) in [6.07, 6.45) is 5.98. The molecule has 1 aromatic rings. The zero-order valence-corrected chi connectivity index (χ0v) is 9.95. The quantitative estimate of drug-likeness (QED) is 0.660. The highest BCUT2D eigenvalue weighted by atomic mass is 14.7. The van der Waals surface area contributed by atoms with Crippen LogP contribution in [0.5, 0.6) is 0 Å². The second-order valence-electron chi connectivity index (χ2n) is 6.03. The number of hydrogen-bond acceptors (Lipinski definition) is 0. The van der Waals surface area contributed by atoms with Gasteiger partial charge in [-0.2, -0.15) is 0 Å². The molecule has 0 bridgehead atoms. The van der Waals surface area contributed by atoms with Crippen LogP contribution in [-0.4, -0.2) is 0 Å². The molecule has 0 N–H and O–H groups in total.